The van der Waals surface area contributed by atoms with E-state index in [0.717, 1.165) is 5.56 Å². The number of aromatic nitrogens is 2. The zero-order valence-electron chi connectivity index (χ0n) is 9.04. The standard InChI is InChI=1S/C12H11ClN2O2/c13-11-6-12(16)15(14-7-11)9-17-8-10-4-2-1-3-5-10/h1-7H,8-9H2. The van der Waals surface area contributed by atoms with Crippen LogP contribution in [0.5, 0.6) is 0 Å². The maximum absolute atomic E-state index is 11.4. The highest BCUT2D eigenvalue weighted by Crippen LogP contribution is 2.02. The molecule has 5 heteroatoms. The summed E-state index contributed by atoms with van der Waals surface area (Å²) >= 11 is 5.63. The molecule has 1 heterocycles. The van der Waals surface area contributed by atoms with Crippen molar-refractivity contribution in [1.82, 2.24) is 9.78 Å². The minimum atomic E-state index is -0.273. The Morgan fingerprint density at radius 3 is 2.76 bits per heavy atom. The Morgan fingerprint density at radius 2 is 2.06 bits per heavy atom. The molecule has 4 nitrogen and oxygen atoms in total. The average molecular weight is 251 g/mol. The lowest BCUT2D eigenvalue weighted by molar-refractivity contribution is 0.0528. The van der Waals surface area contributed by atoms with Crippen LogP contribution in [-0.2, 0) is 18.1 Å². The summed E-state index contributed by atoms with van der Waals surface area (Å²) in [5, 5.41) is 4.18. The fraction of sp³-hybridized carbons (Fsp3) is 0.167. The van der Waals surface area contributed by atoms with Gasteiger partial charge in [-0.25, -0.2) is 4.68 Å². The highest BCUT2D eigenvalue weighted by atomic mass is 35.5. The first-order chi connectivity index (χ1) is 8.25. The number of hydrogen-bond donors (Lipinski definition) is 0. The molecule has 0 aliphatic rings. The van der Waals surface area contributed by atoms with Gasteiger partial charge in [0.05, 0.1) is 17.8 Å². The molecule has 1 aromatic heterocycles. The highest BCUT2D eigenvalue weighted by molar-refractivity contribution is 6.30. The first-order valence-electron chi connectivity index (χ1n) is 5.10. The summed E-state index contributed by atoms with van der Waals surface area (Å²) in [7, 11) is 0. The van der Waals surface area contributed by atoms with E-state index in [1.54, 1.807) is 0 Å². The van der Waals surface area contributed by atoms with Gasteiger partial charge in [-0.05, 0) is 5.56 Å². The zero-order valence-corrected chi connectivity index (χ0v) is 9.80. The second kappa shape index (κ2) is 5.61. The molecular formula is C12H11ClN2O2. The van der Waals surface area contributed by atoms with Gasteiger partial charge < -0.3 is 4.74 Å². The quantitative estimate of drug-likeness (QED) is 0.834. The van der Waals surface area contributed by atoms with Crippen LogP contribution >= 0.6 is 11.6 Å². The molecule has 0 aliphatic heterocycles. The highest BCUT2D eigenvalue weighted by Gasteiger charge is 1.98. The summed E-state index contributed by atoms with van der Waals surface area (Å²) < 4.78 is 6.60. The topological polar surface area (TPSA) is 44.1 Å². The van der Waals surface area contributed by atoms with E-state index >= 15 is 0 Å². The summed E-state index contributed by atoms with van der Waals surface area (Å²) in [5.41, 5.74) is 0.778. The van der Waals surface area contributed by atoms with Crippen molar-refractivity contribution in [2.24, 2.45) is 0 Å². The molecule has 0 atom stereocenters. The van der Waals surface area contributed by atoms with Crippen molar-refractivity contribution in [3.8, 4) is 0 Å². The van der Waals surface area contributed by atoms with Gasteiger partial charge in [-0.15, -0.1) is 0 Å². The number of halogens is 1. The van der Waals surface area contributed by atoms with Crippen LogP contribution < -0.4 is 5.56 Å². The van der Waals surface area contributed by atoms with Crippen molar-refractivity contribution < 1.29 is 4.74 Å². The van der Waals surface area contributed by atoms with Crippen LogP contribution in [0.15, 0.2) is 47.4 Å². The molecule has 17 heavy (non-hydrogen) atoms. The Balaban J connectivity index is 1.93. The predicted octanol–water partition coefficient (Wildman–Crippen LogP) is 2.07. The van der Waals surface area contributed by atoms with Gasteiger partial charge in [0.15, 0.2) is 0 Å². The van der Waals surface area contributed by atoms with E-state index in [4.69, 9.17) is 16.3 Å². The maximum Gasteiger partial charge on any atom is 0.270 e. The Labute approximate surface area is 103 Å². The molecular weight excluding hydrogens is 240 g/mol. The summed E-state index contributed by atoms with van der Waals surface area (Å²) in [4.78, 5) is 11.4. The van der Waals surface area contributed by atoms with Crippen molar-refractivity contribution in [3.63, 3.8) is 0 Å². The lowest BCUT2D eigenvalue weighted by Crippen LogP contribution is -2.22. The van der Waals surface area contributed by atoms with Crippen molar-refractivity contribution in [2.75, 3.05) is 0 Å². The van der Waals surface area contributed by atoms with Crippen molar-refractivity contribution in [3.05, 3.63) is 63.5 Å². The fourth-order valence-corrected chi connectivity index (χ4v) is 1.47. The summed E-state index contributed by atoms with van der Waals surface area (Å²) in [5.74, 6) is 0. The zero-order chi connectivity index (χ0) is 12.1. The van der Waals surface area contributed by atoms with Gasteiger partial charge in [-0.1, -0.05) is 41.9 Å². The van der Waals surface area contributed by atoms with Crippen molar-refractivity contribution in [2.45, 2.75) is 13.3 Å². The number of hydrogen-bond acceptors (Lipinski definition) is 3. The monoisotopic (exact) mass is 250 g/mol. The van der Waals surface area contributed by atoms with Gasteiger partial charge in [-0.2, -0.15) is 5.10 Å². The molecule has 0 spiro atoms. The van der Waals surface area contributed by atoms with Gasteiger partial charge >= 0.3 is 0 Å². The van der Waals surface area contributed by atoms with E-state index in [1.807, 2.05) is 30.3 Å². The minimum Gasteiger partial charge on any atom is -0.354 e. The van der Waals surface area contributed by atoms with E-state index in [1.165, 1.54) is 16.9 Å². The number of benzene rings is 1. The molecule has 1 aromatic carbocycles. The van der Waals surface area contributed by atoms with Gasteiger partial charge in [0.2, 0.25) is 0 Å². The molecule has 0 radical (unpaired) electrons. The third kappa shape index (κ3) is 3.41. The smallest absolute Gasteiger partial charge is 0.270 e. The molecule has 0 bridgehead atoms. The van der Waals surface area contributed by atoms with Crippen LogP contribution in [0.3, 0.4) is 0 Å². The van der Waals surface area contributed by atoms with Crippen LogP contribution in [0.4, 0.5) is 0 Å². The van der Waals surface area contributed by atoms with Gasteiger partial charge in [0.1, 0.15) is 6.73 Å². The number of nitrogens with zero attached hydrogens (tertiary/aromatic N) is 2. The lowest BCUT2D eigenvalue weighted by Gasteiger charge is -2.05. The fourth-order valence-electron chi connectivity index (χ4n) is 1.33. The molecule has 0 amide bonds. The van der Waals surface area contributed by atoms with Crippen LogP contribution in [0.25, 0.3) is 0 Å². The lowest BCUT2D eigenvalue weighted by atomic mass is 10.2. The third-order valence-corrected chi connectivity index (χ3v) is 2.37. The normalized spacial score (nSPS) is 10.4. The molecule has 88 valence electrons. The van der Waals surface area contributed by atoms with Crippen LogP contribution in [0, 0.1) is 0 Å². The number of rotatable bonds is 4. The molecule has 2 rings (SSSR count). The molecule has 0 saturated carbocycles. The van der Waals surface area contributed by atoms with Gasteiger partial charge in [0, 0.05) is 6.07 Å². The summed E-state index contributed by atoms with van der Waals surface area (Å²) in [6, 6.07) is 11.0. The van der Waals surface area contributed by atoms with E-state index < -0.39 is 0 Å². The van der Waals surface area contributed by atoms with Gasteiger partial charge in [0.25, 0.3) is 5.56 Å². The molecule has 0 fully saturated rings. The molecule has 0 unspecified atom stereocenters. The van der Waals surface area contributed by atoms with E-state index in [2.05, 4.69) is 5.10 Å². The SMILES string of the molecule is O=c1cc(Cl)cnn1COCc1ccccc1. The third-order valence-electron chi connectivity index (χ3n) is 2.16. The van der Waals surface area contributed by atoms with Crippen LogP contribution in [0.2, 0.25) is 5.02 Å². The van der Waals surface area contributed by atoms with Crippen LogP contribution in [0.1, 0.15) is 5.56 Å². The summed E-state index contributed by atoms with van der Waals surface area (Å²) in [6.45, 7) is 0.558. The average Bonchev–Trinajstić information content (AvgIpc) is 2.33. The Hall–Kier alpha value is -1.65. The minimum absolute atomic E-state index is 0.116. The van der Waals surface area contributed by atoms with Crippen molar-refractivity contribution in [1.29, 1.82) is 0 Å². The first-order valence-corrected chi connectivity index (χ1v) is 5.48. The van der Waals surface area contributed by atoms with Gasteiger partial charge in [-0.3, -0.25) is 4.79 Å². The number of ether oxygens (including phenoxy) is 1. The molecule has 2 aromatic rings. The van der Waals surface area contributed by atoms with E-state index in [9.17, 15) is 4.79 Å². The Morgan fingerprint density at radius 1 is 1.29 bits per heavy atom. The first kappa shape index (κ1) is 11.8. The maximum atomic E-state index is 11.4. The largest absolute Gasteiger partial charge is 0.354 e. The summed E-state index contributed by atoms with van der Waals surface area (Å²) in [6.07, 6.45) is 1.41. The van der Waals surface area contributed by atoms with E-state index in [-0.39, 0.29) is 12.3 Å². The molecule has 0 aliphatic carbocycles. The van der Waals surface area contributed by atoms with E-state index in [0.29, 0.717) is 11.6 Å². The molecule has 0 saturated heterocycles. The second-order valence-electron chi connectivity index (χ2n) is 3.47. The Bertz CT molecular complexity index is 540. The molecule has 0 N–H and O–H groups in total. The predicted molar refractivity (Wildman–Crippen MR) is 64.7 cm³/mol. The Kier molecular flexibility index (Phi) is 3.90. The second-order valence-corrected chi connectivity index (χ2v) is 3.91. The van der Waals surface area contributed by atoms with Crippen molar-refractivity contribution >= 4 is 11.6 Å². The van der Waals surface area contributed by atoms with Crippen LogP contribution in [-0.4, -0.2) is 9.78 Å².